The number of nitrogens with zero attached hydrogens (tertiary/aromatic N) is 3. The molecule has 226 valence electrons. The van der Waals surface area contributed by atoms with Crippen LogP contribution in [0.1, 0.15) is 54.5 Å². The number of aliphatic hydroxyl groups is 2. The molecule has 0 fully saturated rings. The highest BCUT2D eigenvalue weighted by molar-refractivity contribution is 6.07. The molecule has 0 saturated carbocycles. The number of aromatic nitrogens is 1. The molecule has 3 aromatic carbocycles. The molecule has 0 bridgehead atoms. The van der Waals surface area contributed by atoms with E-state index in [9.17, 15) is 29.5 Å². The first kappa shape index (κ1) is 31.9. The highest BCUT2D eigenvalue weighted by Gasteiger charge is 2.32. The Morgan fingerprint density at radius 1 is 0.932 bits per heavy atom. The molecule has 1 amide bonds. The van der Waals surface area contributed by atoms with E-state index in [1.54, 1.807) is 22.8 Å². The average molecular weight is 596 g/mol. The van der Waals surface area contributed by atoms with Gasteiger partial charge in [-0.2, -0.15) is 5.26 Å². The van der Waals surface area contributed by atoms with Crippen molar-refractivity contribution in [2.45, 2.75) is 51.5 Å². The van der Waals surface area contributed by atoms with E-state index >= 15 is 0 Å². The first-order chi connectivity index (χ1) is 21.1. The molecule has 0 aliphatic rings. The van der Waals surface area contributed by atoms with Crippen LogP contribution in [0.25, 0.3) is 28.3 Å². The van der Waals surface area contributed by atoms with E-state index in [1.807, 2.05) is 80.7 Å². The summed E-state index contributed by atoms with van der Waals surface area (Å²) in [6.45, 7) is 3.82. The van der Waals surface area contributed by atoms with Gasteiger partial charge in [0.25, 0.3) is 5.91 Å². The summed E-state index contributed by atoms with van der Waals surface area (Å²) >= 11 is 0. The number of hydrogen-bond acceptors (Lipinski definition) is 5. The Kier molecular flexibility index (Phi) is 10.5. The minimum absolute atomic E-state index is 0.0465. The normalized spacial score (nSPS) is 12.7. The van der Waals surface area contributed by atoms with Crippen molar-refractivity contribution in [1.82, 2.24) is 9.47 Å². The van der Waals surface area contributed by atoms with Crippen molar-refractivity contribution in [1.29, 1.82) is 5.26 Å². The van der Waals surface area contributed by atoms with Crippen LogP contribution in [-0.4, -0.2) is 48.9 Å². The fraction of sp³-hybridized carbons (Fsp3) is 0.229. The first-order valence-corrected chi connectivity index (χ1v) is 14.2. The van der Waals surface area contributed by atoms with Crippen molar-refractivity contribution in [3.8, 4) is 28.4 Å². The average Bonchev–Trinajstić information content (AvgIpc) is 3.34. The van der Waals surface area contributed by atoms with Crippen LogP contribution in [0.3, 0.4) is 0 Å². The molecule has 9 heteroatoms. The van der Waals surface area contributed by atoms with E-state index in [0.29, 0.717) is 27.9 Å². The van der Waals surface area contributed by atoms with Crippen molar-refractivity contribution in [3.05, 3.63) is 114 Å². The molecule has 0 saturated heterocycles. The maximum absolute atomic E-state index is 14.4. The zero-order valence-corrected chi connectivity index (χ0v) is 24.5. The molecule has 4 aromatic rings. The van der Waals surface area contributed by atoms with E-state index < -0.39 is 36.3 Å². The maximum atomic E-state index is 14.4. The minimum Gasteiger partial charge on any atom is -0.481 e. The summed E-state index contributed by atoms with van der Waals surface area (Å²) in [4.78, 5) is 26.5. The number of benzene rings is 3. The number of aliphatic carboxylic acids is 1. The molecule has 0 aliphatic heterocycles. The molecule has 2 unspecified atom stereocenters. The van der Waals surface area contributed by atoms with Gasteiger partial charge in [-0.25, -0.2) is 9.29 Å². The molecule has 1 heterocycles. The molecule has 1 aromatic heterocycles. The Morgan fingerprint density at radius 2 is 1.52 bits per heavy atom. The number of hydrogen-bond donors (Lipinski definition) is 3. The van der Waals surface area contributed by atoms with Gasteiger partial charge in [0.1, 0.15) is 11.5 Å². The number of halogens is 1. The van der Waals surface area contributed by atoms with Gasteiger partial charge in [0.2, 0.25) is 0 Å². The summed E-state index contributed by atoms with van der Waals surface area (Å²) in [6.07, 6.45) is 1.90. The van der Waals surface area contributed by atoms with Gasteiger partial charge >= 0.3 is 5.97 Å². The SMILES string of the molecule is CC(C)n1c(C=CC(O)CC(O)CC(=O)O)c(-c2ccc(F)cc2)c(-c2ccccc2)c1C(=O)N(C#N)Cc1ccccc1. The number of carbonyl (C=O) groups is 2. The third-order valence-corrected chi connectivity index (χ3v) is 7.11. The summed E-state index contributed by atoms with van der Waals surface area (Å²) in [5, 5.41) is 39.9. The summed E-state index contributed by atoms with van der Waals surface area (Å²) in [5.74, 6) is -2.16. The lowest BCUT2D eigenvalue weighted by atomic mass is 9.94. The van der Waals surface area contributed by atoms with Gasteiger partial charge in [0.15, 0.2) is 6.19 Å². The number of nitriles is 1. The second kappa shape index (κ2) is 14.4. The number of rotatable bonds is 12. The van der Waals surface area contributed by atoms with Crippen LogP contribution in [0.15, 0.2) is 91.0 Å². The fourth-order valence-corrected chi connectivity index (χ4v) is 5.20. The smallest absolute Gasteiger partial charge is 0.305 e. The Morgan fingerprint density at radius 3 is 2.09 bits per heavy atom. The standard InChI is InChI=1S/C35H34FN3O5/c1-23(2)39-30(18-17-28(40)19-29(41)20-31(42)43)32(26-13-15-27(36)16-14-26)33(25-11-7-4-8-12-25)34(39)35(44)38(22-37)21-24-9-5-3-6-10-24/h3-18,23,28-29,40-41H,19-21H2,1-2H3,(H,42,43). The quantitative estimate of drug-likeness (QED) is 0.131. The van der Waals surface area contributed by atoms with Gasteiger partial charge in [-0.15, -0.1) is 0 Å². The lowest BCUT2D eigenvalue weighted by Crippen LogP contribution is -2.29. The van der Waals surface area contributed by atoms with E-state index in [2.05, 4.69) is 0 Å². The van der Waals surface area contributed by atoms with Crippen molar-refractivity contribution in [2.75, 3.05) is 0 Å². The molecule has 4 rings (SSSR count). The van der Waals surface area contributed by atoms with Crippen molar-refractivity contribution in [2.24, 2.45) is 0 Å². The van der Waals surface area contributed by atoms with E-state index in [1.165, 1.54) is 18.2 Å². The van der Waals surface area contributed by atoms with Crippen LogP contribution in [0, 0.1) is 17.3 Å². The minimum atomic E-state index is -1.26. The van der Waals surface area contributed by atoms with Crippen LogP contribution in [0.4, 0.5) is 4.39 Å². The van der Waals surface area contributed by atoms with Gasteiger partial charge in [-0.3, -0.25) is 9.59 Å². The molecule has 44 heavy (non-hydrogen) atoms. The zero-order valence-electron chi connectivity index (χ0n) is 24.5. The van der Waals surface area contributed by atoms with Gasteiger partial charge in [-0.1, -0.05) is 78.9 Å². The maximum Gasteiger partial charge on any atom is 0.305 e. The van der Waals surface area contributed by atoms with Gasteiger partial charge in [-0.05, 0) is 48.7 Å². The molecule has 0 aliphatic carbocycles. The molecular formula is C35H34FN3O5. The number of amides is 1. The summed E-state index contributed by atoms with van der Waals surface area (Å²) < 4.78 is 15.9. The highest BCUT2D eigenvalue weighted by atomic mass is 19.1. The summed E-state index contributed by atoms with van der Waals surface area (Å²) in [5.41, 5.74) is 3.93. The lowest BCUT2D eigenvalue weighted by Gasteiger charge is -2.20. The first-order valence-electron chi connectivity index (χ1n) is 14.2. The Hall–Kier alpha value is -5.04. The molecule has 0 radical (unpaired) electrons. The van der Waals surface area contributed by atoms with Crippen molar-refractivity contribution >= 4 is 18.0 Å². The number of carboxylic acids is 1. The van der Waals surface area contributed by atoms with Crippen LogP contribution in [0.2, 0.25) is 0 Å². The second-order valence-electron chi connectivity index (χ2n) is 10.7. The third-order valence-electron chi connectivity index (χ3n) is 7.11. The Bertz CT molecular complexity index is 1660. The summed E-state index contributed by atoms with van der Waals surface area (Å²) in [7, 11) is 0. The molecule has 0 spiro atoms. The molecule has 2 atom stereocenters. The topological polar surface area (TPSA) is 127 Å². The number of carboxylic acid groups (broad SMARTS) is 1. The van der Waals surface area contributed by atoms with Crippen LogP contribution < -0.4 is 0 Å². The van der Waals surface area contributed by atoms with Gasteiger partial charge in [0.05, 0.1) is 25.2 Å². The van der Waals surface area contributed by atoms with Crippen molar-refractivity contribution in [3.63, 3.8) is 0 Å². The van der Waals surface area contributed by atoms with Crippen LogP contribution >= 0.6 is 0 Å². The van der Waals surface area contributed by atoms with Gasteiger partial charge < -0.3 is 19.9 Å². The Balaban J connectivity index is 1.98. The predicted molar refractivity (Wildman–Crippen MR) is 165 cm³/mol. The van der Waals surface area contributed by atoms with E-state index in [-0.39, 0.29) is 24.7 Å². The zero-order chi connectivity index (χ0) is 31.8. The second-order valence-corrected chi connectivity index (χ2v) is 10.7. The fourth-order valence-electron chi connectivity index (χ4n) is 5.20. The van der Waals surface area contributed by atoms with E-state index in [0.717, 1.165) is 10.5 Å². The number of aliphatic hydroxyl groups excluding tert-OH is 2. The highest BCUT2D eigenvalue weighted by Crippen LogP contribution is 2.43. The van der Waals surface area contributed by atoms with E-state index in [4.69, 9.17) is 5.11 Å². The molecule has 3 N–H and O–H groups in total. The largest absolute Gasteiger partial charge is 0.481 e. The molecule has 8 nitrogen and oxygen atoms in total. The number of carbonyl (C=O) groups excluding carboxylic acids is 1. The predicted octanol–water partition coefficient (Wildman–Crippen LogP) is 6.27. The monoisotopic (exact) mass is 595 g/mol. The summed E-state index contributed by atoms with van der Waals surface area (Å²) in [6, 6.07) is 23.9. The Labute approximate surface area is 255 Å². The third kappa shape index (κ3) is 7.48. The van der Waals surface area contributed by atoms with Crippen molar-refractivity contribution < 1.29 is 29.3 Å². The molecular weight excluding hydrogens is 561 g/mol. The van der Waals surface area contributed by atoms with Gasteiger partial charge in [0, 0.05) is 29.3 Å². The van der Waals surface area contributed by atoms with Crippen LogP contribution in [0.5, 0.6) is 0 Å². The van der Waals surface area contributed by atoms with Crippen LogP contribution in [-0.2, 0) is 11.3 Å². The lowest BCUT2D eigenvalue weighted by molar-refractivity contribution is -0.139.